The van der Waals surface area contributed by atoms with Gasteiger partial charge in [0.05, 0.1) is 18.2 Å². The fourth-order valence-electron chi connectivity index (χ4n) is 2.90. The Labute approximate surface area is 175 Å². The molecule has 1 heterocycles. The molecule has 1 aromatic carbocycles. The van der Waals surface area contributed by atoms with Gasteiger partial charge in [-0.25, -0.2) is 4.79 Å². The first-order valence-corrected chi connectivity index (χ1v) is 10.3. The molecule has 7 nitrogen and oxygen atoms in total. The summed E-state index contributed by atoms with van der Waals surface area (Å²) in [6.07, 6.45) is 8.25. The predicted octanol–water partition coefficient (Wildman–Crippen LogP) is 4.23. The summed E-state index contributed by atoms with van der Waals surface area (Å²) >= 11 is 6.38. The summed E-state index contributed by atoms with van der Waals surface area (Å²) in [6.45, 7) is 4.95. The third-order valence-electron chi connectivity index (χ3n) is 4.33. The lowest BCUT2D eigenvalue weighted by atomic mass is 10.1. The van der Waals surface area contributed by atoms with Crippen LogP contribution in [0.5, 0.6) is 11.5 Å². The number of benzene rings is 1. The van der Waals surface area contributed by atoms with Gasteiger partial charge in [0.15, 0.2) is 11.5 Å². The lowest BCUT2D eigenvalue weighted by Crippen LogP contribution is -2.51. The largest absolute Gasteiger partial charge is 0.490 e. The third kappa shape index (κ3) is 6.78. The molecule has 1 aliphatic heterocycles. The van der Waals surface area contributed by atoms with Gasteiger partial charge in [-0.1, -0.05) is 50.6 Å². The number of nitrogens with one attached hydrogen (secondary N) is 2. The molecule has 0 atom stereocenters. The summed E-state index contributed by atoms with van der Waals surface area (Å²) in [7, 11) is 0. The highest BCUT2D eigenvalue weighted by Gasteiger charge is 2.28. The van der Waals surface area contributed by atoms with Crippen molar-refractivity contribution in [2.24, 2.45) is 0 Å². The first-order valence-electron chi connectivity index (χ1n) is 9.93. The van der Waals surface area contributed by atoms with E-state index in [1.807, 2.05) is 17.6 Å². The molecule has 4 amide bonds. The summed E-state index contributed by atoms with van der Waals surface area (Å²) in [6, 6.07) is 2.39. The second kappa shape index (κ2) is 11.5. The molecule has 0 spiro atoms. The number of amides is 4. The summed E-state index contributed by atoms with van der Waals surface area (Å²) < 4.78 is 11.5. The first kappa shape index (κ1) is 22.7. The van der Waals surface area contributed by atoms with E-state index in [4.69, 9.17) is 21.1 Å². The Morgan fingerprint density at radius 1 is 0.931 bits per heavy atom. The molecule has 8 heteroatoms. The van der Waals surface area contributed by atoms with E-state index in [2.05, 4.69) is 6.92 Å². The van der Waals surface area contributed by atoms with Crippen LogP contribution in [0.25, 0.3) is 6.08 Å². The summed E-state index contributed by atoms with van der Waals surface area (Å²) in [5, 5.41) is 4.38. The van der Waals surface area contributed by atoms with Gasteiger partial charge in [0.1, 0.15) is 5.57 Å². The lowest BCUT2D eigenvalue weighted by molar-refractivity contribution is -0.123. The van der Waals surface area contributed by atoms with Crippen molar-refractivity contribution in [1.29, 1.82) is 0 Å². The Morgan fingerprint density at radius 3 is 2.24 bits per heavy atom. The maximum Gasteiger partial charge on any atom is 0.328 e. The zero-order valence-electron chi connectivity index (χ0n) is 16.8. The van der Waals surface area contributed by atoms with Crippen LogP contribution in [0.15, 0.2) is 17.7 Å². The third-order valence-corrected chi connectivity index (χ3v) is 4.61. The van der Waals surface area contributed by atoms with Crippen LogP contribution in [0.1, 0.15) is 57.9 Å². The number of rotatable bonds is 11. The molecule has 1 fully saturated rings. The zero-order chi connectivity index (χ0) is 21.2. The Bertz CT molecular complexity index is 770. The van der Waals surface area contributed by atoms with E-state index < -0.39 is 17.8 Å². The average Bonchev–Trinajstić information content (AvgIpc) is 2.66. The molecule has 0 aromatic heterocycles. The van der Waals surface area contributed by atoms with E-state index in [1.165, 1.54) is 31.8 Å². The Hall–Kier alpha value is -2.54. The SMILES string of the molecule is CCCCCCCCOc1c(Cl)cc(C=C2C(=O)NC(=O)NC2=O)cc1OCC. The molecule has 0 aliphatic carbocycles. The molecular weight excluding hydrogens is 396 g/mol. The van der Waals surface area contributed by atoms with Gasteiger partial charge in [-0.15, -0.1) is 0 Å². The first-order chi connectivity index (χ1) is 14.0. The van der Waals surface area contributed by atoms with Gasteiger partial charge in [-0.05, 0) is 37.1 Å². The van der Waals surface area contributed by atoms with Crippen LogP contribution in [0.2, 0.25) is 5.02 Å². The lowest BCUT2D eigenvalue weighted by Gasteiger charge is -2.16. The summed E-state index contributed by atoms with van der Waals surface area (Å²) in [5.74, 6) is -0.657. The minimum atomic E-state index is -0.844. The number of urea groups is 1. The average molecular weight is 423 g/mol. The molecule has 0 unspecified atom stereocenters. The van der Waals surface area contributed by atoms with Crippen LogP contribution in [0.3, 0.4) is 0 Å². The highest BCUT2D eigenvalue weighted by atomic mass is 35.5. The van der Waals surface area contributed by atoms with Crippen LogP contribution < -0.4 is 20.1 Å². The minimum Gasteiger partial charge on any atom is -0.490 e. The highest BCUT2D eigenvalue weighted by Crippen LogP contribution is 2.37. The smallest absolute Gasteiger partial charge is 0.328 e. The van der Waals surface area contributed by atoms with Crippen molar-refractivity contribution in [3.8, 4) is 11.5 Å². The van der Waals surface area contributed by atoms with Crippen molar-refractivity contribution < 1.29 is 23.9 Å². The highest BCUT2D eigenvalue weighted by molar-refractivity contribution is 6.33. The van der Waals surface area contributed by atoms with Crippen molar-refractivity contribution in [1.82, 2.24) is 10.6 Å². The van der Waals surface area contributed by atoms with Crippen LogP contribution in [0.4, 0.5) is 4.79 Å². The Morgan fingerprint density at radius 2 is 1.59 bits per heavy atom. The molecule has 2 N–H and O–H groups in total. The number of hydrogen-bond acceptors (Lipinski definition) is 5. The molecule has 29 heavy (non-hydrogen) atoms. The van der Waals surface area contributed by atoms with Crippen molar-refractivity contribution in [3.63, 3.8) is 0 Å². The number of halogens is 1. The maximum absolute atomic E-state index is 11.9. The van der Waals surface area contributed by atoms with Gasteiger partial charge in [-0.2, -0.15) is 0 Å². The fourth-order valence-corrected chi connectivity index (χ4v) is 3.18. The van der Waals surface area contributed by atoms with E-state index in [-0.39, 0.29) is 5.57 Å². The monoisotopic (exact) mass is 422 g/mol. The number of imide groups is 2. The van der Waals surface area contributed by atoms with Gasteiger partial charge in [0.2, 0.25) is 0 Å². The normalized spacial score (nSPS) is 13.8. The molecule has 1 aliphatic rings. The van der Waals surface area contributed by atoms with Gasteiger partial charge < -0.3 is 9.47 Å². The van der Waals surface area contributed by atoms with Gasteiger partial charge >= 0.3 is 6.03 Å². The van der Waals surface area contributed by atoms with Crippen LogP contribution in [0, 0.1) is 0 Å². The van der Waals surface area contributed by atoms with E-state index in [9.17, 15) is 14.4 Å². The quantitative estimate of drug-likeness (QED) is 0.316. The molecule has 1 aromatic rings. The minimum absolute atomic E-state index is 0.191. The van der Waals surface area contributed by atoms with E-state index in [0.29, 0.717) is 35.3 Å². The van der Waals surface area contributed by atoms with E-state index in [1.54, 1.807) is 12.1 Å². The van der Waals surface area contributed by atoms with Crippen molar-refractivity contribution in [2.45, 2.75) is 52.4 Å². The maximum atomic E-state index is 11.9. The predicted molar refractivity (Wildman–Crippen MR) is 111 cm³/mol. The number of carbonyl (C=O) groups is 3. The van der Waals surface area contributed by atoms with Crippen molar-refractivity contribution >= 4 is 35.5 Å². The fraction of sp³-hybridized carbons (Fsp3) is 0.476. The Balaban J connectivity index is 2.11. The van der Waals surface area contributed by atoms with Gasteiger partial charge in [0.25, 0.3) is 11.8 Å². The van der Waals surface area contributed by atoms with Gasteiger partial charge in [-0.3, -0.25) is 20.2 Å². The van der Waals surface area contributed by atoms with E-state index >= 15 is 0 Å². The zero-order valence-corrected chi connectivity index (χ0v) is 17.6. The second-order valence-electron chi connectivity index (χ2n) is 6.67. The molecule has 0 radical (unpaired) electrons. The van der Waals surface area contributed by atoms with Crippen LogP contribution in [-0.4, -0.2) is 31.1 Å². The van der Waals surface area contributed by atoms with E-state index in [0.717, 1.165) is 12.8 Å². The summed E-state index contributed by atoms with van der Waals surface area (Å²) in [5.41, 5.74) is 0.295. The van der Waals surface area contributed by atoms with Crippen molar-refractivity contribution in [2.75, 3.05) is 13.2 Å². The standard InChI is InChI=1S/C21H27ClN2O5/c1-3-5-6-7-8-9-10-29-18-16(22)12-14(13-17(18)28-4-2)11-15-19(25)23-21(27)24-20(15)26/h11-13H,3-10H2,1-2H3,(H2,23,24,25,26,27). The van der Waals surface area contributed by atoms with Gasteiger partial charge in [0, 0.05) is 0 Å². The molecular formula is C21H27ClN2O5. The second-order valence-corrected chi connectivity index (χ2v) is 7.08. The molecule has 2 rings (SSSR count). The van der Waals surface area contributed by atoms with Crippen LogP contribution in [-0.2, 0) is 9.59 Å². The number of ether oxygens (including phenoxy) is 2. The number of unbranched alkanes of at least 4 members (excludes halogenated alkanes) is 5. The summed E-state index contributed by atoms with van der Waals surface area (Å²) in [4.78, 5) is 35.0. The number of carbonyl (C=O) groups excluding carboxylic acids is 3. The van der Waals surface area contributed by atoms with Crippen LogP contribution >= 0.6 is 11.6 Å². The molecule has 158 valence electrons. The van der Waals surface area contributed by atoms with Crippen molar-refractivity contribution in [3.05, 3.63) is 28.3 Å². The number of barbiturate groups is 1. The molecule has 0 saturated carbocycles. The topological polar surface area (TPSA) is 93.7 Å². The number of hydrogen-bond donors (Lipinski definition) is 2. The molecule has 0 bridgehead atoms. The Kier molecular flexibility index (Phi) is 8.99. The molecule has 1 saturated heterocycles.